The summed E-state index contributed by atoms with van der Waals surface area (Å²) in [6, 6.07) is 3.70. The molecule has 0 spiro atoms. The van der Waals surface area contributed by atoms with Crippen molar-refractivity contribution >= 4 is 17.5 Å². The zero-order chi connectivity index (χ0) is 12.7. The van der Waals surface area contributed by atoms with Crippen molar-refractivity contribution in [3.05, 3.63) is 24.2 Å². The second-order valence-corrected chi connectivity index (χ2v) is 4.52. The Morgan fingerprint density at radius 2 is 2.18 bits per heavy atom. The molecule has 1 aromatic rings. The molecule has 0 aliphatic heterocycles. The number of aryl methyl sites for hydroxylation is 1. The van der Waals surface area contributed by atoms with Gasteiger partial charge in [0.25, 0.3) is 0 Å². The van der Waals surface area contributed by atoms with Gasteiger partial charge in [0.15, 0.2) is 0 Å². The highest BCUT2D eigenvalue weighted by molar-refractivity contribution is 6.18. The number of hydrogen-bond donors (Lipinski definition) is 1. The van der Waals surface area contributed by atoms with Crippen LogP contribution in [0.2, 0.25) is 0 Å². The molecular weight excluding hydrogens is 238 g/mol. The Morgan fingerprint density at radius 3 is 2.65 bits per heavy atom. The third kappa shape index (κ3) is 4.08. The summed E-state index contributed by atoms with van der Waals surface area (Å²) in [6.45, 7) is 4.08. The Balaban J connectivity index is 2.42. The van der Waals surface area contributed by atoms with E-state index in [9.17, 15) is 4.79 Å². The normalized spacial score (nSPS) is 11.5. The van der Waals surface area contributed by atoms with Gasteiger partial charge in [0, 0.05) is 18.7 Å². The SMILES string of the molecule is CCC(CC)(CCl)NC(=O)CCc1ccco1. The topological polar surface area (TPSA) is 42.2 Å². The van der Waals surface area contributed by atoms with E-state index in [1.165, 1.54) is 0 Å². The van der Waals surface area contributed by atoms with Crippen molar-refractivity contribution in [1.29, 1.82) is 0 Å². The third-order valence-electron chi connectivity index (χ3n) is 3.19. The molecule has 0 radical (unpaired) electrons. The van der Waals surface area contributed by atoms with Crippen LogP contribution in [-0.2, 0) is 11.2 Å². The van der Waals surface area contributed by atoms with E-state index < -0.39 is 0 Å². The van der Waals surface area contributed by atoms with Crippen LogP contribution in [0.25, 0.3) is 0 Å². The minimum Gasteiger partial charge on any atom is -0.469 e. The lowest BCUT2D eigenvalue weighted by molar-refractivity contribution is -0.122. The fourth-order valence-electron chi connectivity index (χ4n) is 1.70. The van der Waals surface area contributed by atoms with Crippen molar-refractivity contribution in [2.24, 2.45) is 0 Å². The quantitative estimate of drug-likeness (QED) is 0.763. The van der Waals surface area contributed by atoms with E-state index in [1.807, 2.05) is 26.0 Å². The van der Waals surface area contributed by atoms with E-state index in [4.69, 9.17) is 16.0 Å². The Hall–Kier alpha value is -0.960. The molecule has 0 aromatic carbocycles. The number of carbonyl (C=O) groups is 1. The van der Waals surface area contributed by atoms with Crippen LogP contribution in [0.4, 0.5) is 0 Å². The van der Waals surface area contributed by atoms with Gasteiger partial charge < -0.3 is 9.73 Å². The Labute approximate surface area is 108 Å². The molecule has 0 bridgehead atoms. The van der Waals surface area contributed by atoms with Gasteiger partial charge in [-0.05, 0) is 25.0 Å². The van der Waals surface area contributed by atoms with Crippen molar-refractivity contribution in [3.63, 3.8) is 0 Å². The van der Waals surface area contributed by atoms with Crippen molar-refractivity contribution in [3.8, 4) is 0 Å². The van der Waals surface area contributed by atoms with E-state index in [1.54, 1.807) is 6.26 Å². The highest BCUT2D eigenvalue weighted by Gasteiger charge is 2.26. The number of furan rings is 1. The molecule has 1 rings (SSSR count). The zero-order valence-corrected chi connectivity index (χ0v) is 11.2. The number of amides is 1. The highest BCUT2D eigenvalue weighted by Crippen LogP contribution is 2.17. The molecule has 0 fully saturated rings. The molecule has 0 saturated carbocycles. The van der Waals surface area contributed by atoms with Crippen molar-refractivity contribution in [1.82, 2.24) is 5.32 Å². The number of carbonyl (C=O) groups excluding carboxylic acids is 1. The summed E-state index contributed by atoms with van der Waals surface area (Å²) in [7, 11) is 0. The molecular formula is C13H20ClNO2. The average Bonchev–Trinajstić information content (AvgIpc) is 2.87. The van der Waals surface area contributed by atoms with E-state index >= 15 is 0 Å². The van der Waals surface area contributed by atoms with Gasteiger partial charge in [-0.1, -0.05) is 13.8 Å². The fourth-order valence-corrected chi connectivity index (χ4v) is 2.14. The molecule has 96 valence electrons. The summed E-state index contributed by atoms with van der Waals surface area (Å²) < 4.78 is 5.19. The Bertz CT molecular complexity index is 323. The third-order valence-corrected chi connectivity index (χ3v) is 3.70. The minimum atomic E-state index is -0.262. The van der Waals surface area contributed by atoms with Crippen LogP contribution in [-0.4, -0.2) is 17.3 Å². The number of halogens is 1. The number of nitrogens with one attached hydrogen (secondary N) is 1. The van der Waals surface area contributed by atoms with Crippen LogP contribution in [0.15, 0.2) is 22.8 Å². The van der Waals surface area contributed by atoms with Crippen LogP contribution < -0.4 is 5.32 Å². The van der Waals surface area contributed by atoms with Gasteiger partial charge in [0.05, 0.1) is 11.8 Å². The first kappa shape index (κ1) is 14.1. The lowest BCUT2D eigenvalue weighted by Crippen LogP contribution is -2.49. The summed E-state index contributed by atoms with van der Waals surface area (Å²) in [6.07, 6.45) is 4.38. The summed E-state index contributed by atoms with van der Waals surface area (Å²) >= 11 is 5.94. The first-order valence-corrected chi connectivity index (χ1v) is 6.58. The van der Waals surface area contributed by atoms with Crippen LogP contribution in [0.1, 0.15) is 38.9 Å². The molecule has 1 N–H and O–H groups in total. The molecule has 0 unspecified atom stereocenters. The summed E-state index contributed by atoms with van der Waals surface area (Å²) in [5, 5.41) is 3.03. The average molecular weight is 258 g/mol. The molecule has 0 aliphatic rings. The Kier molecular flexibility index (Phi) is 5.56. The van der Waals surface area contributed by atoms with Crippen molar-refractivity contribution in [2.45, 2.75) is 45.1 Å². The standard InChI is InChI=1S/C13H20ClNO2/c1-3-13(4-2,10-14)15-12(16)8-7-11-6-5-9-17-11/h5-6,9H,3-4,7-8,10H2,1-2H3,(H,15,16). The van der Waals surface area contributed by atoms with Gasteiger partial charge >= 0.3 is 0 Å². The molecule has 1 aromatic heterocycles. The number of rotatable bonds is 7. The van der Waals surface area contributed by atoms with Gasteiger partial charge in [-0.2, -0.15) is 0 Å². The maximum atomic E-state index is 11.8. The summed E-state index contributed by atoms with van der Waals surface area (Å²) in [5.74, 6) is 1.32. The summed E-state index contributed by atoms with van der Waals surface area (Å²) in [5.41, 5.74) is -0.262. The fraction of sp³-hybridized carbons (Fsp3) is 0.615. The van der Waals surface area contributed by atoms with Crippen molar-refractivity contribution < 1.29 is 9.21 Å². The Morgan fingerprint density at radius 1 is 1.47 bits per heavy atom. The molecule has 0 aliphatic carbocycles. The van der Waals surface area contributed by atoms with Gasteiger partial charge in [-0.25, -0.2) is 0 Å². The van der Waals surface area contributed by atoms with Gasteiger partial charge in [0.1, 0.15) is 5.76 Å². The van der Waals surface area contributed by atoms with E-state index in [0.717, 1.165) is 18.6 Å². The largest absolute Gasteiger partial charge is 0.469 e. The lowest BCUT2D eigenvalue weighted by atomic mass is 9.95. The number of alkyl halides is 1. The smallest absolute Gasteiger partial charge is 0.220 e. The first-order valence-electron chi connectivity index (χ1n) is 6.05. The predicted octanol–water partition coefficient (Wildman–Crippen LogP) is 3.13. The van der Waals surface area contributed by atoms with E-state index in [-0.39, 0.29) is 11.4 Å². The lowest BCUT2D eigenvalue weighted by Gasteiger charge is -2.30. The van der Waals surface area contributed by atoms with E-state index in [0.29, 0.717) is 18.7 Å². The first-order chi connectivity index (χ1) is 8.15. The van der Waals surface area contributed by atoms with Gasteiger partial charge in [-0.3, -0.25) is 4.79 Å². The van der Waals surface area contributed by atoms with Gasteiger partial charge in [-0.15, -0.1) is 11.6 Å². The summed E-state index contributed by atoms with van der Waals surface area (Å²) in [4.78, 5) is 11.8. The molecule has 4 heteroatoms. The number of hydrogen-bond acceptors (Lipinski definition) is 2. The molecule has 3 nitrogen and oxygen atoms in total. The maximum absolute atomic E-state index is 11.8. The van der Waals surface area contributed by atoms with Crippen LogP contribution in [0.5, 0.6) is 0 Å². The molecule has 0 atom stereocenters. The van der Waals surface area contributed by atoms with Crippen LogP contribution >= 0.6 is 11.6 Å². The monoisotopic (exact) mass is 257 g/mol. The maximum Gasteiger partial charge on any atom is 0.220 e. The second-order valence-electron chi connectivity index (χ2n) is 4.25. The zero-order valence-electron chi connectivity index (χ0n) is 10.5. The minimum absolute atomic E-state index is 0.0331. The van der Waals surface area contributed by atoms with Crippen LogP contribution in [0.3, 0.4) is 0 Å². The van der Waals surface area contributed by atoms with Crippen molar-refractivity contribution in [2.75, 3.05) is 5.88 Å². The second kappa shape index (κ2) is 6.70. The molecule has 17 heavy (non-hydrogen) atoms. The van der Waals surface area contributed by atoms with Gasteiger partial charge in [0.2, 0.25) is 5.91 Å². The predicted molar refractivity (Wildman–Crippen MR) is 69.2 cm³/mol. The molecule has 1 amide bonds. The van der Waals surface area contributed by atoms with Crippen LogP contribution in [0, 0.1) is 0 Å². The highest BCUT2D eigenvalue weighted by atomic mass is 35.5. The molecule has 0 saturated heterocycles. The molecule has 1 heterocycles. The van der Waals surface area contributed by atoms with E-state index in [2.05, 4.69) is 5.32 Å².